The number of carbonyl (C=O) groups is 2. The van der Waals surface area contributed by atoms with Gasteiger partial charge < -0.3 is 20.6 Å². The summed E-state index contributed by atoms with van der Waals surface area (Å²) < 4.78 is 0. The number of carboxylic acid groups (broad SMARTS) is 1. The largest absolute Gasteiger partial charge is 0.481 e. The molecule has 0 aliphatic rings. The SMILES string of the molecule is CN(CCCNC(=O)Nc1ccccc1CC(=O)O)Cc1ccccc1. The molecule has 26 heavy (non-hydrogen) atoms. The fraction of sp³-hybridized carbons (Fsp3) is 0.300. The van der Waals surface area contributed by atoms with Crippen LogP contribution < -0.4 is 10.6 Å². The van der Waals surface area contributed by atoms with Gasteiger partial charge in [0.2, 0.25) is 0 Å². The molecule has 2 amide bonds. The number of nitrogens with one attached hydrogen (secondary N) is 2. The summed E-state index contributed by atoms with van der Waals surface area (Å²) in [4.78, 5) is 25.1. The Morgan fingerprint density at radius 2 is 1.73 bits per heavy atom. The Hall–Kier alpha value is -2.86. The second kappa shape index (κ2) is 10.2. The van der Waals surface area contributed by atoms with E-state index in [1.807, 2.05) is 18.2 Å². The van der Waals surface area contributed by atoms with Crippen LogP contribution in [-0.2, 0) is 17.8 Å². The number of benzene rings is 2. The maximum atomic E-state index is 12.0. The zero-order chi connectivity index (χ0) is 18.8. The Labute approximate surface area is 153 Å². The first-order chi connectivity index (χ1) is 12.5. The van der Waals surface area contributed by atoms with Crippen molar-refractivity contribution < 1.29 is 14.7 Å². The molecule has 0 saturated heterocycles. The summed E-state index contributed by atoms with van der Waals surface area (Å²) in [5.41, 5.74) is 2.36. The van der Waals surface area contributed by atoms with Crippen molar-refractivity contribution in [2.45, 2.75) is 19.4 Å². The highest BCUT2D eigenvalue weighted by Gasteiger charge is 2.09. The smallest absolute Gasteiger partial charge is 0.319 e. The highest BCUT2D eigenvalue weighted by Crippen LogP contribution is 2.15. The lowest BCUT2D eigenvalue weighted by Crippen LogP contribution is -2.32. The van der Waals surface area contributed by atoms with Gasteiger partial charge in [0, 0.05) is 18.8 Å². The lowest BCUT2D eigenvalue weighted by molar-refractivity contribution is -0.136. The Morgan fingerprint density at radius 1 is 1.04 bits per heavy atom. The second-order valence-electron chi connectivity index (χ2n) is 6.19. The van der Waals surface area contributed by atoms with Gasteiger partial charge in [0.25, 0.3) is 0 Å². The maximum absolute atomic E-state index is 12.0. The van der Waals surface area contributed by atoms with Gasteiger partial charge in [0.05, 0.1) is 6.42 Å². The van der Waals surface area contributed by atoms with Crippen LogP contribution in [0.3, 0.4) is 0 Å². The summed E-state index contributed by atoms with van der Waals surface area (Å²) >= 11 is 0. The van der Waals surface area contributed by atoms with Crippen molar-refractivity contribution >= 4 is 17.7 Å². The molecule has 0 aliphatic carbocycles. The quantitative estimate of drug-likeness (QED) is 0.604. The summed E-state index contributed by atoms with van der Waals surface area (Å²) in [5.74, 6) is -0.930. The van der Waals surface area contributed by atoms with E-state index in [0.29, 0.717) is 17.8 Å². The number of hydrogen-bond acceptors (Lipinski definition) is 3. The molecule has 0 heterocycles. The molecule has 6 nitrogen and oxygen atoms in total. The molecule has 2 aromatic rings. The number of hydrogen-bond donors (Lipinski definition) is 3. The van der Waals surface area contributed by atoms with Crippen LogP contribution in [0.5, 0.6) is 0 Å². The average molecular weight is 355 g/mol. The Kier molecular flexibility index (Phi) is 7.64. The molecule has 0 fully saturated rings. The highest BCUT2D eigenvalue weighted by atomic mass is 16.4. The van der Waals surface area contributed by atoms with E-state index in [0.717, 1.165) is 19.5 Å². The molecule has 0 spiro atoms. The normalized spacial score (nSPS) is 10.5. The van der Waals surface area contributed by atoms with E-state index in [-0.39, 0.29) is 12.5 Å². The summed E-state index contributed by atoms with van der Waals surface area (Å²) in [7, 11) is 2.05. The van der Waals surface area contributed by atoms with Crippen LogP contribution in [0.4, 0.5) is 10.5 Å². The molecular weight excluding hydrogens is 330 g/mol. The Balaban J connectivity index is 1.70. The molecule has 0 bridgehead atoms. The van der Waals surface area contributed by atoms with Crippen LogP contribution in [0, 0.1) is 0 Å². The van der Waals surface area contributed by atoms with Crippen LogP contribution >= 0.6 is 0 Å². The zero-order valence-corrected chi connectivity index (χ0v) is 14.9. The minimum absolute atomic E-state index is 0.124. The number of urea groups is 1. The van der Waals surface area contributed by atoms with Crippen molar-refractivity contribution in [1.82, 2.24) is 10.2 Å². The molecule has 0 atom stereocenters. The second-order valence-corrected chi connectivity index (χ2v) is 6.19. The number of para-hydroxylation sites is 1. The number of carbonyl (C=O) groups excluding carboxylic acids is 1. The van der Waals surface area contributed by atoms with Gasteiger partial charge in [-0.15, -0.1) is 0 Å². The third kappa shape index (κ3) is 6.94. The number of anilines is 1. The van der Waals surface area contributed by atoms with E-state index in [2.05, 4.69) is 34.7 Å². The molecule has 138 valence electrons. The third-order valence-electron chi connectivity index (χ3n) is 3.90. The van der Waals surface area contributed by atoms with Gasteiger partial charge in [0.15, 0.2) is 0 Å². The van der Waals surface area contributed by atoms with Gasteiger partial charge in [-0.1, -0.05) is 48.5 Å². The van der Waals surface area contributed by atoms with Crippen LogP contribution in [0.15, 0.2) is 54.6 Å². The number of nitrogens with zero attached hydrogens (tertiary/aromatic N) is 1. The Bertz CT molecular complexity index is 719. The number of rotatable bonds is 9. The summed E-state index contributed by atoms with van der Waals surface area (Å²) in [5, 5.41) is 14.4. The van der Waals surface area contributed by atoms with Crippen LogP contribution in [0.1, 0.15) is 17.5 Å². The molecule has 0 radical (unpaired) electrons. The number of aliphatic carboxylic acids is 1. The van der Waals surface area contributed by atoms with E-state index in [9.17, 15) is 9.59 Å². The van der Waals surface area contributed by atoms with Gasteiger partial charge in [0.1, 0.15) is 0 Å². The molecule has 2 aromatic carbocycles. The summed E-state index contributed by atoms with van der Waals surface area (Å²) in [6.07, 6.45) is 0.703. The van der Waals surface area contributed by atoms with Gasteiger partial charge >= 0.3 is 12.0 Å². The van der Waals surface area contributed by atoms with Crippen molar-refractivity contribution in [3.8, 4) is 0 Å². The molecule has 0 aliphatic heterocycles. The van der Waals surface area contributed by atoms with E-state index in [1.54, 1.807) is 24.3 Å². The minimum atomic E-state index is -0.930. The predicted octanol–water partition coefficient (Wildman–Crippen LogP) is 2.96. The van der Waals surface area contributed by atoms with E-state index >= 15 is 0 Å². The van der Waals surface area contributed by atoms with Gasteiger partial charge in [-0.2, -0.15) is 0 Å². The predicted molar refractivity (Wildman–Crippen MR) is 102 cm³/mol. The van der Waals surface area contributed by atoms with E-state index in [1.165, 1.54) is 5.56 Å². The number of amides is 2. The van der Waals surface area contributed by atoms with Gasteiger partial charge in [-0.3, -0.25) is 4.79 Å². The molecule has 0 unspecified atom stereocenters. The molecular formula is C20H25N3O3. The zero-order valence-electron chi connectivity index (χ0n) is 14.9. The first-order valence-corrected chi connectivity index (χ1v) is 8.61. The minimum Gasteiger partial charge on any atom is -0.481 e. The topological polar surface area (TPSA) is 81.7 Å². The van der Waals surface area contributed by atoms with E-state index in [4.69, 9.17) is 5.11 Å². The third-order valence-corrected chi connectivity index (χ3v) is 3.90. The molecule has 3 N–H and O–H groups in total. The molecule has 2 rings (SSSR count). The summed E-state index contributed by atoms with van der Waals surface area (Å²) in [6, 6.07) is 16.8. The van der Waals surface area contributed by atoms with E-state index < -0.39 is 5.97 Å². The van der Waals surface area contributed by atoms with Crippen molar-refractivity contribution in [2.24, 2.45) is 0 Å². The fourth-order valence-corrected chi connectivity index (χ4v) is 2.65. The van der Waals surface area contributed by atoms with Gasteiger partial charge in [-0.05, 0) is 37.2 Å². The lowest BCUT2D eigenvalue weighted by atomic mass is 10.1. The van der Waals surface area contributed by atoms with Crippen molar-refractivity contribution in [2.75, 3.05) is 25.5 Å². The maximum Gasteiger partial charge on any atom is 0.319 e. The Morgan fingerprint density at radius 3 is 2.46 bits per heavy atom. The molecule has 0 saturated carbocycles. The summed E-state index contributed by atoms with van der Waals surface area (Å²) in [6.45, 7) is 2.28. The van der Waals surface area contributed by atoms with Crippen molar-refractivity contribution in [3.63, 3.8) is 0 Å². The monoisotopic (exact) mass is 355 g/mol. The van der Waals surface area contributed by atoms with Crippen LogP contribution in [0.2, 0.25) is 0 Å². The lowest BCUT2D eigenvalue weighted by Gasteiger charge is -2.17. The highest BCUT2D eigenvalue weighted by molar-refractivity contribution is 5.90. The van der Waals surface area contributed by atoms with Crippen molar-refractivity contribution in [3.05, 3.63) is 65.7 Å². The standard InChI is InChI=1S/C20H25N3O3/c1-23(15-16-8-3-2-4-9-16)13-7-12-21-20(26)22-18-11-6-5-10-17(18)14-19(24)25/h2-6,8-11H,7,12-15H2,1H3,(H,24,25)(H2,21,22,26). The molecule has 6 heteroatoms. The number of carboxylic acids is 1. The van der Waals surface area contributed by atoms with Gasteiger partial charge in [-0.25, -0.2) is 4.79 Å². The van der Waals surface area contributed by atoms with Crippen molar-refractivity contribution in [1.29, 1.82) is 0 Å². The first kappa shape index (κ1) is 19.5. The first-order valence-electron chi connectivity index (χ1n) is 8.61. The van der Waals surface area contributed by atoms with Crippen LogP contribution in [0.25, 0.3) is 0 Å². The average Bonchev–Trinajstić information content (AvgIpc) is 2.61. The molecule has 0 aromatic heterocycles. The fourth-order valence-electron chi connectivity index (χ4n) is 2.65. The van der Waals surface area contributed by atoms with Crippen LogP contribution in [-0.4, -0.2) is 42.1 Å².